The molecule has 4 saturated carbocycles. The summed E-state index contributed by atoms with van der Waals surface area (Å²) in [6.07, 6.45) is 3.00. The molecule has 5 aliphatic carbocycles. The highest BCUT2D eigenvalue weighted by Gasteiger charge is 2.70. The predicted molar refractivity (Wildman–Crippen MR) is 170 cm³/mol. The molecule has 260 valence electrons. The van der Waals surface area contributed by atoms with Crippen LogP contribution in [0.5, 0.6) is 0 Å². The molecule has 6 aliphatic rings. The van der Waals surface area contributed by atoms with Crippen LogP contribution in [0.15, 0.2) is 11.6 Å². The van der Waals surface area contributed by atoms with Gasteiger partial charge in [-0.2, -0.15) is 0 Å². The maximum atomic E-state index is 14.7. The van der Waals surface area contributed by atoms with E-state index >= 15 is 0 Å². The van der Waals surface area contributed by atoms with Gasteiger partial charge in [0.1, 0.15) is 24.4 Å². The molecule has 0 aromatic rings. The summed E-state index contributed by atoms with van der Waals surface area (Å²) >= 11 is 0. The van der Waals surface area contributed by atoms with Crippen LogP contribution in [0, 0.1) is 50.2 Å². The zero-order valence-corrected chi connectivity index (χ0v) is 29.2. The summed E-state index contributed by atoms with van der Waals surface area (Å²) in [5.41, 5.74) is -0.276. The molecule has 0 aromatic heterocycles. The van der Waals surface area contributed by atoms with Crippen molar-refractivity contribution >= 4 is 11.8 Å². The molecule has 5 fully saturated rings. The first-order valence-corrected chi connectivity index (χ1v) is 17.6. The molecule has 0 unspecified atom stereocenters. The van der Waals surface area contributed by atoms with Gasteiger partial charge in [0.15, 0.2) is 12.1 Å². The SMILES string of the molecule is COC(=O)[C@@]1(C)CC[C@]2(C)CC[C@]3(C)C(=CC(=O)[C@@H]4[C@@]5(C)CC[C@H](O[C@H]6O[C@H](CO)[C@@H](O)[C@H](O)[C@@H]6O)C(C)(C)[C@@H]5CC[C@]43C)[C@@H]2C1. The number of fused-ring (bicyclic) bond motifs is 7. The average molecular weight is 647 g/mol. The monoisotopic (exact) mass is 646 g/mol. The summed E-state index contributed by atoms with van der Waals surface area (Å²) in [5, 5.41) is 41.1. The van der Waals surface area contributed by atoms with Gasteiger partial charge in [-0.15, -0.1) is 0 Å². The van der Waals surface area contributed by atoms with Crippen molar-refractivity contribution in [2.24, 2.45) is 50.2 Å². The number of hydrogen-bond acceptors (Lipinski definition) is 9. The van der Waals surface area contributed by atoms with Crippen molar-refractivity contribution in [3.8, 4) is 0 Å². The Morgan fingerprint density at radius 3 is 2.24 bits per heavy atom. The standard InChI is InChI=1S/C37H58O9/c1-32(2)24-9-12-37(7)29(35(24,5)11-10-25(32)46-30-28(42)27(41)26(40)23(19-38)45-30)22(39)17-20-21-18-34(4,31(43)44-8)14-13-33(21,3)15-16-36(20,37)6/h17,21,23-30,38,40-42H,9-16,18-19H2,1-8H3/t21-,23+,24-,25-,26+,27-,28-,29+,30+,33+,34-,35-,36+,37+/m0/s1. The molecule has 0 aromatic carbocycles. The fourth-order valence-electron chi connectivity index (χ4n) is 12.2. The number of rotatable bonds is 4. The lowest BCUT2D eigenvalue weighted by molar-refractivity contribution is -0.329. The second-order valence-corrected chi connectivity index (χ2v) is 17.9. The molecular formula is C37H58O9. The molecule has 0 amide bonds. The Labute approximate surface area is 274 Å². The van der Waals surface area contributed by atoms with Gasteiger partial charge >= 0.3 is 5.97 Å². The molecule has 1 heterocycles. The predicted octanol–water partition coefficient (Wildman–Crippen LogP) is 4.33. The summed E-state index contributed by atoms with van der Waals surface area (Å²) in [7, 11) is 1.48. The van der Waals surface area contributed by atoms with Gasteiger partial charge < -0.3 is 34.6 Å². The summed E-state index contributed by atoms with van der Waals surface area (Å²) in [6, 6.07) is 0. The van der Waals surface area contributed by atoms with Gasteiger partial charge in [-0.05, 0) is 110 Å². The zero-order valence-electron chi connectivity index (χ0n) is 29.2. The second-order valence-electron chi connectivity index (χ2n) is 17.9. The van der Waals surface area contributed by atoms with E-state index in [1.165, 1.54) is 12.7 Å². The van der Waals surface area contributed by atoms with Gasteiger partial charge in [0, 0.05) is 5.92 Å². The van der Waals surface area contributed by atoms with Crippen LogP contribution < -0.4 is 0 Å². The van der Waals surface area contributed by atoms with E-state index in [-0.39, 0.29) is 62.7 Å². The van der Waals surface area contributed by atoms with Crippen LogP contribution in [0.4, 0.5) is 0 Å². The number of aliphatic hydroxyl groups excluding tert-OH is 4. The third-order valence-corrected chi connectivity index (χ3v) is 15.3. The van der Waals surface area contributed by atoms with Gasteiger partial charge in [-0.25, -0.2) is 0 Å². The molecular weight excluding hydrogens is 588 g/mol. The minimum atomic E-state index is -1.49. The molecule has 6 rings (SSSR count). The first-order chi connectivity index (χ1) is 21.3. The molecule has 9 nitrogen and oxygen atoms in total. The van der Waals surface area contributed by atoms with E-state index in [0.29, 0.717) is 6.42 Å². The summed E-state index contributed by atoms with van der Waals surface area (Å²) in [5.74, 6) is 0.248. The average Bonchev–Trinajstić information content (AvgIpc) is 3.00. The number of hydrogen-bond donors (Lipinski definition) is 4. The smallest absolute Gasteiger partial charge is 0.311 e. The summed E-state index contributed by atoms with van der Waals surface area (Å²) in [6.45, 7) is 15.4. The zero-order chi connectivity index (χ0) is 33.8. The number of methoxy groups -OCH3 is 1. The van der Waals surface area contributed by atoms with E-state index < -0.39 is 42.7 Å². The first-order valence-electron chi connectivity index (χ1n) is 17.6. The van der Waals surface area contributed by atoms with Crippen LogP contribution >= 0.6 is 0 Å². The molecule has 1 aliphatic heterocycles. The van der Waals surface area contributed by atoms with E-state index in [1.54, 1.807) is 0 Å². The molecule has 46 heavy (non-hydrogen) atoms. The Morgan fingerprint density at radius 2 is 1.59 bits per heavy atom. The number of carbonyl (C=O) groups is 2. The summed E-state index contributed by atoms with van der Waals surface area (Å²) in [4.78, 5) is 27.7. The van der Waals surface area contributed by atoms with Crippen molar-refractivity contribution in [1.29, 1.82) is 0 Å². The fraction of sp³-hybridized carbons (Fsp3) is 0.892. The minimum Gasteiger partial charge on any atom is -0.469 e. The van der Waals surface area contributed by atoms with Crippen molar-refractivity contribution in [3.05, 3.63) is 11.6 Å². The Hall–Kier alpha value is -1.36. The van der Waals surface area contributed by atoms with Crippen molar-refractivity contribution < 1.29 is 44.2 Å². The number of esters is 1. The Bertz CT molecular complexity index is 1280. The van der Waals surface area contributed by atoms with Crippen LogP contribution in [-0.4, -0.2) is 82.7 Å². The Morgan fingerprint density at radius 1 is 0.913 bits per heavy atom. The summed E-state index contributed by atoms with van der Waals surface area (Å²) < 4.78 is 17.4. The lowest BCUT2D eigenvalue weighted by atomic mass is 9.33. The van der Waals surface area contributed by atoms with Crippen molar-refractivity contribution in [2.75, 3.05) is 13.7 Å². The molecule has 0 bridgehead atoms. The number of carbonyl (C=O) groups excluding carboxylic acids is 2. The lowest BCUT2D eigenvalue weighted by Crippen LogP contribution is -2.67. The van der Waals surface area contributed by atoms with Crippen LogP contribution in [0.3, 0.4) is 0 Å². The molecule has 4 N–H and O–H groups in total. The minimum absolute atomic E-state index is 0.0608. The maximum Gasteiger partial charge on any atom is 0.311 e. The van der Waals surface area contributed by atoms with Crippen LogP contribution in [0.1, 0.15) is 106 Å². The highest BCUT2D eigenvalue weighted by atomic mass is 16.7. The molecule has 0 radical (unpaired) electrons. The van der Waals surface area contributed by atoms with Gasteiger partial charge in [0.25, 0.3) is 0 Å². The number of aliphatic hydroxyl groups is 4. The van der Waals surface area contributed by atoms with Crippen molar-refractivity contribution in [2.45, 2.75) is 143 Å². The second kappa shape index (κ2) is 11.1. The normalized spacial score (nSPS) is 53.2. The van der Waals surface area contributed by atoms with Crippen molar-refractivity contribution in [3.63, 3.8) is 0 Å². The van der Waals surface area contributed by atoms with Gasteiger partial charge in [0.05, 0.1) is 25.2 Å². The van der Waals surface area contributed by atoms with Crippen LogP contribution in [0.25, 0.3) is 0 Å². The first kappa shape index (κ1) is 34.5. The van der Waals surface area contributed by atoms with E-state index in [4.69, 9.17) is 14.2 Å². The molecule has 1 saturated heterocycles. The topological polar surface area (TPSA) is 143 Å². The van der Waals surface area contributed by atoms with Crippen LogP contribution in [-0.2, 0) is 23.8 Å². The van der Waals surface area contributed by atoms with Gasteiger partial charge in [-0.3, -0.25) is 9.59 Å². The highest BCUT2D eigenvalue weighted by Crippen LogP contribution is 2.75. The van der Waals surface area contributed by atoms with Gasteiger partial charge in [0.2, 0.25) is 0 Å². The van der Waals surface area contributed by atoms with Gasteiger partial charge in [-0.1, -0.05) is 47.1 Å². The molecule has 14 atom stereocenters. The van der Waals surface area contributed by atoms with E-state index in [9.17, 15) is 30.0 Å². The van der Waals surface area contributed by atoms with E-state index in [2.05, 4.69) is 41.5 Å². The Kier molecular flexibility index (Phi) is 8.31. The Balaban J connectivity index is 1.31. The molecule has 0 spiro atoms. The molecule has 9 heteroatoms. The number of ketones is 1. The fourth-order valence-corrected chi connectivity index (χ4v) is 12.2. The van der Waals surface area contributed by atoms with Crippen LogP contribution in [0.2, 0.25) is 0 Å². The third-order valence-electron chi connectivity index (χ3n) is 15.3. The highest BCUT2D eigenvalue weighted by molar-refractivity contribution is 5.95. The lowest BCUT2D eigenvalue weighted by Gasteiger charge is -2.70. The number of ether oxygens (including phenoxy) is 3. The van der Waals surface area contributed by atoms with E-state index in [1.807, 2.05) is 13.0 Å². The van der Waals surface area contributed by atoms with E-state index in [0.717, 1.165) is 51.4 Å². The van der Waals surface area contributed by atoms with Crippen molar-refractivity contribution in [1.82, 2.24) is 0 Å². The number of allylic oxidation sites excluding steroid dienone is 2. The quantitative estimate of drug-likeness (QED) is 0.259. The third kappa shape index (κ3) is 4.61. The maximum absolute atomic E-state index is 14.7. The largest absolute Gasteiger partial charge is 0.469 e.